The molecule has 0 saturated carbocycles. The molecule has 0 radical (unpaired) electrons. The third-order valence-electron chi connectivity index (χ3n) is 2.57. The van der Waals surface area contributed by atoms with E-state index in [0.29, 0.717) is 5.56 Å². The summed E-state index contributed by atoms with van der Waals surface area (Å²) in [5, 5.41) is 2.97. The Balaban J connectivity index is 2.27. The summed E-state index contributed by atoms with van der Waals surface area (Å²) in [4.78, 5) is 0. The number of ether oxygens (including phenoxy) is 1. The number of anilines is 1. The molecule has 0 unspecified atom stereocenters. The van der Waals surface area contributed by atoms with Gasteiger partial charge in [-0.3, -0.25) is 0 Å². The maximum Gasteiger partial charge on any atom is 0.573 e. The molecule has 2 nitrogen and oxygen atoms in total. The van der Waals surface area contributed by atoms with Crippen molar-refractivity contribution in [2.75, 3.05) is 12.4 Å². The molecule has 2 aromatic carbocycles. The molecule has 100 valence electrons. The van der Waals surface area contributed by atoms with E-state index in [1.807, 2.05) is 24.3 Å². The van der Waals surface area contributed by atoms with E-state index < -0.39 is 6.36 Å². The number of rotatable bonds is 3. The fourth-order valence-electron chi connectivity index (χ4n) is 1.70. The van der Waals surface area contributed by atoms with Gasteiger partial charge in [-0.25, -0.2) is 0 Å². The van der Waals surface area contributed by atoms with Crippen molar-refractivity contribution < 1.29 is 17.9 Å². The number of benzene rings is 2. The third-order valence-corrected chi connectivity index (χ3v) is 2.57. The molecule has 0 atom stereocenters. The molecule has 2 aromatic rings. The predicted octanol–water partition coefficient (Wildman–Crippen LogP) is 4.29. The number of nitrogens with one attached hydrogen (secondary N) is 1. The fraction of sp³-hybridized carbons (Fsp3) is 0.143. The van der Waals surface area contributed by atoms with Crippen LogP contribution in [0.25, 0.3) is 11.1 Å². The van der Waals surface area contributed by atoms with Gasteiger partial charge in [-0.15, -0.1) is 13.2 Å². The van der Waals surface area contributed by atoms with Crippen LogP contribution in [0.5, 0.6) is 5.75 Å². The Hall–Kier alpha value is -2.17. The van der Waals surface area contributed by atoms with Crippen LogP contribution < -0.4 is 10.1 Å². The summed E-state index contributed by atoms with van der Waals surface area (Å²) in [5.41, 5.74) is 2.43. The molecule has 19 heavy (non-hydrogen) atoms. The minimum absolute atomic E-state index is 0.220. The van der Waals surface area contributed by atoms with Gasteiger partial charge in [0.05, 0.1) is 0 Å². The van der Waals surface area contributed by atoms with E-state index in [1.165, 1.54) is 18.2 Å². The molecule has 0 fully saturated rings. The summed E-state index contributed by atoms with van der Waals surface area (Å²) >= 11 is 0. The first kappa shape index (κ1) is 13.3. The smallest absolute Gasteiger partial charge is 0.406 e. The van der Waals surface area contributed by atoms with Gasteiger partial charge < -0.3 is 10.1 Å². The highest BCUT2D eigenvalue weighted by atomic mass is 19.4. The van der Waals surface area contributed by atoms with Crippen molar-refractivity contribution in [1.82, 2.24) is 0 Å². The van der Waals surface area contributed by atoms with Crippen LogP contribution in [0.15, 0.2) is 48.5 Å². The second kappa shape index (κ2) is 5.22. The van der Waals surface area contributed by atoms with Gasteiger partial charge in [0.2, 0.25) is 0 Å². The molecule has 0 aliphatic carbocycles. The SMILES string of the molecule is CNc1ccc(-c2cccc(OC(F)(F)F)c2)cc1. The molecule has 0 aliphatic rings. The fourth-order valence-corrected chi connectivity index (χ4v) is 1.70. The maximum absolute atomic E-state index is 12.1. The average molecular weight is 267 g/mol. The Kier molecular flexibility index (Phi) is 3.64. The Bertz CT molecular complexity index is 549. The quantitative estimate of drug-likeness (QED) is 0.895. The zero-order chi connectivity index (χ0) is 13.9. The van der Waals surface area contributed by atoms with Gasteiger partial charge >= 0.3 is 6.36 Å². The van der Waals surface area contributed by atoms with E-state index in [-0.39, 0.29) is 5.75 Å². The summed E-state index contributed by atoms with van der Waals surface area (Å²) in [5.74, 6) is -0.220. The van der Waals surface area contributed by atoms with E-state index >= 15 is 0 Å². The molecule has 5 heteroatoms. The van der Waals surface area contributed by atoms with Gasteiger partial charge in [0, 0.05) is 12.7 Å². The number of halogens is 3. The molecule has 0 spiro atoms. The Labute approximate surface area is 108 Å². The van der Waals surface area contributed by atoms with Gasteiger partial charge in [0.1, 0.15) is 5.75 Å². The number of hydrogen-bond donors (Lipinski definition) is 1. The lowest BCUT2D eigenvalue weighted by atomic mass is 10.1. The van der Waals surface area contributed by atoms with Gasteiger partial charge in [-0.2, -0.15) is 0 Å². The van der Waals surface area contributed by atoms with Crippen LogP contribution in [0.2, 0.25) is 0 Å². The van der Waals surface area contributed by atoms with Crippen molar-refractivity contribution >= 4 is 5.69 Å². The average Bonchev–Trinajstić information content (AvgIpc) is 2.37. The zero-order valence-electron chi connectivity index (χ0n) is 10.2. The first-order chi connectivity index (χ1) is 8.98. The van der Waals surface area contributed by atoms with Crippen LogP contribution in [-0.4, -0.2) is 13.4 Å². The standard InChI is InChI=1S/C14H12F3NO/c1-18-12-7-5-10(6-8-12)11-3-2-4-13(9-11)19-14(15,16)17/h2-9,18H,1H3. The van der Waals surface area contributed by atoms with Crippen LogP contribution in [0.4, 0.5) is 18.9 Å². The largest absolute Gasteiger partial charge is 0.573 e. The summed E-state index contributed by atoms with van der Waals surface area (Å²) in [6.45, 7) is 0. The third kappa shape index (κ3) is 3.64. The Morgan fingerprint density at radius 1 is 0.947 bits per heavy atom. The van der Waals surface area contributed by atoms with Gasteiger partial charge in [0.25, 0.3) is 0 Å². The molecule has 0 heterocycles. The number of alkyl halides is 3. The topological polar surface area (TPSA) is 21.3 Å². The van der Waals surface area contributed by atoms with E-state index in [9.17, 15) is 13.2 Å². The molecule has 1 N–H and O–H groups in total. The molecule has 0 aliphatic heterocycles. The molecular formula is C14H12F3NO. The van der Waals surface area contributed by atoms with E-state index in [2.05, 4.69) is 10.1 Å². The van der Waals surface area contributed by atoms with Gasteiger partial charge in [-0.05, 0) is 35.4 Å². The second-order valence-electron chi connectivity index (χ2n) is 3.90. The second-order valence-corrected chi connectivity index (χ2v) is 3.90. The van der Waals surface area contributed by atoms with Crippen molar-refractivity contribution in [2.45, 2.75) is 6.36 Å². The lowest BCUT2D eigenvalue weighted by Gasteiger charge is -2.10. The van der Waals surface area contributed by atoms with Crippen molar-refractivity contribution in [3.63, 3.8) is 0 Å². The predicted molar refractivity (Wildman–Crippen MR) is 68.1 cm³/mol. The molecule has 0 bridgehead atoms. The van der Waals surface area contributed by atoms with Crippen LogP contribution >= 0.6 is 0 Å². The van der Waals surface area contributed by atoms with Crippen LogP contribution in [-0.2, 0) is 0 Å². The molecule has 0 amide bonds. The lowest BCUT2D eigenvalue weighted by Crippen LogP contribution is -2.17. The van der Waals surface area contributed by atoms with E-state index in [1.54, 1.807) is 13.1 Å². The van der Waals surface area contributed by atoms with E-state index in [0.717, 1.165) is 11.3 Å². The Morgan fingerprint density at radius 3 is 2.21 bits per heavy atom. The maximum atomic E-state index is 12.1. The molecule has 0 saturated heterocycles. The highest BCUT2D eigenvalue weighted by molar-refractivity contribution is 5.67. The Morgan fingerprint density at radius 2 is 1.63 bits per heavy atom. The highest BCUT2D eigenvalue weighted by Gasteiger charge is 2.31. The molecule has 2 rings (SSSR count). The minimum Gasteiger partial charge on any atom is -0.406 e. The minimum atomic E-state index is -4.67. The van der Waals surface area contributed by atoms with E-state index in [4.69, 9.17) is 0 Å². The van der Waals surface area contributed by atoms with Gasteiger partial charge in [0.15, 0.2) is 0 Å². The van der Waals surface area contributed by atoms with Crippen molar-refractivity contribution in [3.8, 4) is 16.9 Å². The first-order valence-corrected chi connectivity index (χ1v) is 5.62. The lowest BCUT2D eigenvalue weighted by molar-refractivity contribution is -0.274. The highest BCUT2D eigenvalue weighted by Crippen LogP contribution is 2.28. The number of hydrogen-bond acceptors (Lipinski definition) is 2. The van der Waals surface area contributed by atoms with Crippen molar-refractivity contribution in [1.29, 1.82) is 0 Å². The summed E-state index contributed by atoms with van der Waals surface area (Å²) < 4.78 is 40.3. The zero-order valence-corrected chi connectivity index (χ0v) is 10.2. The summed E-state index contributed by atoms with van der Waals surface area (Å²) in [6.07, 6.45) is -4.67. The van der Waals surface area contributed by atoms with Crippen LogP contribution in [0.1, 0.15) is 0 Å². The molecular weight excluding hydrogens is 255 g/mol. The monoisotopic (exact) mass is 267 g/mol. The van der Waals surface area contributed by atoms with Crippen LogP contribution in [0, 0.1) is 0 Å². The summed E-state index contributed by atoms with van der Waals surface area (Å²) in [7, 11) is 1.80. The molecule has 0 aromatic heterocycles. The van der Waals surface area contributed by atoms with Gasteiger partial charge in [-0.1, -0.05) is 24.3 Å². The normalized spacial score (nSPS) is 11.2. The summed E-state index contributed by atoms with van der Waals surface area (Å²) in [6, 6.07) is 13.3. The van der Waals surface area contributed by atoms with Crippen molar-refractivity contribution in [3.05, 3.63) is 48.5 Å². The van der Waals surface area contributed by atoms with Crippen LogP contribution in [0.3, 0.4) is 0 Å². The first-order valence-electron chi connectivity index (χ1n) is 5.62. The van der Waals surface area contributed by atoms with Crippen molar-refractivity contribution in [2.24, 2.45) is 0 Å².